The molecule has 1 amide bonds. The number of likely N-dealkylation sites (tertiary alicyclic amines) is 1. The van der Waals surface area contributed by atoms with Crippen LogP contribution >= 0.6 is 0 Å². The van der Waals surface area contributed by atoms with E-state index in [1.807, 2.05) is 11.0 Å². The Hall–Kier alpha value is -2.11. The van der Waals surface area contributed by atoms with Gasteiger partial charge < -0.3 is 14.1 Å². The summed E-state index contributed by atoms with van der Waals surface area (Å²) in [5.74, 6) is 0.390. The minimum atomic E-state index is -0.0248. The van der Waals surface area contributed by atoms with Gasteiger partial charge in [-0.3, -0.25) is 9.69 Å². The lowest BCUT2D eigenvalue weighted by Gasteiger charge is -2.36. The molecule has 2 saturated heterocycles. The highest BCUT2D eigenvalue weighted by atomic mass is 16.5. The molecule has 2 fully saturated rings. The Morgan fingerprint density at radius 2 is 2.00 bits per heavy atom. The average Bonchev–Trinajstić information content (AvgIpc) is 3.29. The number of amides is 1. The molecule has 5 nitrogen and oxygen atoms in total. The number of furan rings is 1. The van der Waals surface area contributed by atoms with E-state index < -0.39 is 0 Å². The highest BCUT2D eigenvalue weighted by Crippen LogP contribution is 2.25. The number of hydrogen-bond donors (Lipinski definition) is 0. The quantitative estimate of drug-likeness (QED) is 0.863. The summed E-state index contributed by atoms with van der Waals surface area (Å²) in [6.45, 7) is 3.97. The van der Waals surface area contributed by atoms with Crippen LogP contribution in [-0.2, 0) is 11.2 Å². The van der Waals surface area contributed by atoms with E-state index in [0.717, 1.165) is 26.1 Å². The third kappa shape index (κ3) is 3.09. The number of rotatable bonds is 4. The fourth-order valence-electron chi connectivity index (χ4n) is 3.67. The van der Waals surface area contributed by atoms with Gasteiger partial charge in [0, 0.05) is 26.2 Å². The number of morpholine rings is 1. The Kier molecular flexibility index (Phi) is 4.36. The van der Waals surface area contributed by atoms with E-state index in [-0.39, 0.29) is 18.1 Å². The maximum Gasteiger partial charge on any atom is 0.290 e. The summed E-state index contributed by atoms with van der Waals surface area (Å²) < 4.78 is 11.2. The molecule has 0 N–H and O–H groups in total. The Bertz CT molecular complexity index is 671. The van der Waals surface area contributed by atoms with E-state index >= 15 is 0 Å². The van der Waals surface area contributed by atoms with Crippen LogP contribution in [-0.4, -0.2) is 60.6 Å². The molecule has 4 rings (SSSR count). The van der Waals surface area contributed by atoms with E-state index in [9.17, 15) is 4.79 Å². The smallest absolute Gasteiger partial charge is 0.290 e. The number of carbonyl (C=O) groups is 1. The summed E-state index contributed by atoms with van der Waals surface area (Å²) >= 11 is 0. The van der Waals surface area contributed by atoms with E-state index in [2.05, 4.69) is 29.2 Å². The Morgan fingerprint density at radius 3 is 2.79 bits per heavy atom. The molecule has 0 saturated carbocycles. The number of ether oxygens (including phenoxy) is 1. The van der Waals surface area contributed by atoms with Crippen LogP contribution in [0.25, 0.3) is 0 Å². The minimum absolute atomic E-state index is 0.0248. The van der Waals surface area contributed by atoms with E-state index in [4.69, 9.17) is 9.15 Å². The van der Waals surface area contributed by atoms with Crippen molar-refractivity contribution in [3.63, 3.8) is 0 Å². The molecule has 2 aliphatic heterocycles. The van der Waals surface area contributed by atoms with Crippen molar-refractivity contribution in [2.45, 2.75) is 18.6 Å². The average molecular weight is 326 g/mol. The monoisotopic (exact) mass is 326 g/mol. The van der Waals surface area contributed by atoms with Crippen LogP contribution in [0.5, 0.6) is 0 Å². The molecular weight excluding hydrogens is 304 g/mol. The number of benzene rings is 1. The van der Waals surface area contributed by atoms with Crippen LogP contribution in [0.15, 0.2) is 53.1 Å². The van der Waals surface area contributed by atoms with Crippen molar-refractivity contribution in [3.8, 4) is 0 Å². The zero-order valence-corrected chi connectivity index (χ0v) is 13.6. The van der Waals surface area contributed by atoms with Crippen LogP contribution in [0.2, 0.25) is 0 Å². The second-order valence-electron chi connectivity index (χ2n) is 6.45. The van der Waals surface area contributed by atoms with Gasteiger partial charge in [0.1, 0.15) is 0 Å². The van der Waals surface area contributed by atoms with E-state index in [1.54, 1.807) is 18.4 Å². The normalized spacial score (nSPS) is 24.1. The second-order valence-corrected chi connectivity index (χ2v) is 6.45. The molecule has 0 unspecified atom stereocenters. The summed E-state index contributed by atoms with van der Waals surface area (Å²) in [4.78, 5) is 17.0. The van der Waals surface area contributed by atoms with Crippen molar-refractivity contribution in [2.75, 3.05) is 32.8 Å². The van der Waals surface area contributed by atoms with Gasteiger partial charge >= 0.3 is 0 Å². The largest absolute Gasteiger partial charge is 0.459 e. The maximum absolute atomic E-state index is 12.6. The highest BCUT2D eigenvalue weighted by molar-refractivity contribution is 5.91. The summed E-state index contributed by atoms with van der Waals surface area (Å²) in [6.07, 6.45) is 2.67. The Morgan fingerprint density at radius 1 is 1.12 bits per heavy atom. The zero-order chi connectivity index (χ0) is 16.4. The van der Waals surface area contributed by atoms with Crippen molar-refractivity contribution in [1.29, 1.82) is 0 Å². The Balaban J connectivity index is 1.40. The molecule has 5 heteroatoms. The second kappa shape index (κ2) is 6.79. The van der Waals surface area contributed by atoms with Crippen molar-refractivity contribution in [3.05, 3.63) is 60.1 Å². The van der Waals surface area contributed by atoms with Crippen molar-refractivity contribution >= 4 is 5.91 Å². The van der Waals surface area contributed by atoms with Crippen molar-refractivity contribution < 1.29 is 13.9 Å². The first-order valence-electron chi connectivity index (χ1n) is 8.53. The number of nitrogens with zero attached hydrogens (tertiary/aromatic N) is 2. The lowest BCUT2D eigenvalue weighted by atomic mass is 10.1. The van der Waals surface area contributed by atoms with Crippen LogP contribution in [0.3, 0.4) is 0 Å². The Labute approximate surface area is 141 Å². The van der Waals surface area contributed by atoms with Gasteiger partial charge in [-0.15, -0.1) is 0 Å². The van der Waals surface area contributed by atoms with E-state index in [0.29, 0.717) is 18.9 Å². The number of carbonyl (C=O) groups excluding carboxylic acids is 1. The molecule has 1 aromatic heterocycles. The van der Waals surface area contributed by atoms with Gasteiger partial charge in [-0.25, -0.2) is 0 Å². The van der Waals surface area contributed by atoms with Gasteiger partial charge in [-0.2, -0.15) is 0 Å². The van der Waals surface area contributed by atoms with Gasteiger partial charge in [-0.1, -0.05) is 30.3 Å². The maximum atomic E-state index is 12.6. The van der Waals surface area contributed by atoms with Gasteiger partial charge in [0.15, 0.2) is 5.76 Å². The molecule has 1 aromatic carbocycles. The molecule has 2 aliphatic rings. The van der Waals surface area contributed by atoms with Crippen molar-refractivity contribution in [2.24, 2.45) is 0 Å². The van der Waals surface area contributed by atoms with Crippen molar-refractivity contribution in [1.82, 2.24) is 9.80 Å². The molecule has 0 spiro atoms. The first-order chi connectivity index (χ1) is 11.8. The lowest BCUT2D eigenvalue weighted by molar-refractivity contribution is -0.0379. The molecule has 0 bridgehead atoms. The first-order valence-corrected chi connectivity index (χ1v) is 8.53. The molecule has 2 aromatic rings. The third-order valence-electron chi connectivity index (χ3n) is 4.93. The molecular formula is C19H22N2O3. The van der Waals surface area contributed by atoms with Gasteiger partial charge in [0.05, 0.1) is 25.0 Å². The van der Waals surface area contributed by atoms with E-state index in [1.165, 1.54) is 5.56 Å². The fourth-order valence-corrected chi connectivity index (χ4v) is 3.67. The standard InChI is InChI=1S/C19H22N2O3/c22-19(17-7-4-11-23-17)21-10-12-24-18-14-20(13-16(18)21)9-8-15-5-2-1-3-6-15/h1-7,11,16,18H,8-10,12-14H2/t16-,18+/m1/s1. The third-order valence-corrected chi connectivity index (χ3v) is 4.93. The first kappa shape index (κ1) is 15.4. The van der Waals surface area contributed by atoms with Gasteiger partial charge in [0.2, 0.25) is 0 Å². The lowest BCUT2D eigenvalue weighted by Crippen LogP contribution is -2.53. The zero-order valence-electron chi connectivity index (χ0n) is 13.6. The SMILES string of the molecule is O=C(c1ccco1)N1CCO[C@H]2CN(CCc3ccccc3)C[C@H]21. The number of hydrogen-bond acceptors (Lipinski definition) is 4. The molecule has 2 atom stereocenters. The summed E-state index contributed by atoms with van der Waals surface area (Å²) in [7, 11) is 0. The van der Waals surface area contributed by atoms with Gasteiger partial charge in [0.25, 0.3) is 5.91 Å². The minimum Gasteiger partial charge on any atom is -0.459 e. The summed E-state index contributed by atoms with van der Waals surface area (Å²) in [5.41, 5.74) is 1.34. The topological polar surface area (TPSA) is 45.9 Å². The molecule has 126 valence electrons. The van der Waals surface area contributed by atoms with Crippen LogP contribution in [0, 0.1) is 0 Å². The summed E-state index contributed by atoms with van der Waals surface area (Å²) in [5, 5.41) is 0. The highest BCUT2D eigenvalue weighted by Gasteiger charge is 2.42. The predicted octanol–water partition coefficient (Wildman–Crippen LogP) is 2.05. The molecule has 0 radical (unpaired) electrons. The molecule has 3 heterocycles. The predicted molar refractivity (Wildman–Crippen MR) is 89.9 cm³/mol. The van der Waals surface area contributed by atoms with Gasteiger partial charge in [-0.05, 0) is 24.1 Å². The molecule has 0 aliphatic carbocycles. The number of fused-ring (bicyclic) bond motifs is 1. The van der Waals surface area contributed by atoms with Crippen LogP contribution in [0.1, 0.15) is 16.1 Å². The summed E-state index contributed by atoms with van der Waals surface area (Å²) in [6, 6.07) is 14.1. The van der Waals surface area contributed by atoms with Crippen LogP contribution in [0.4, 0.5) is 0 Å². The molecule has 24 heavy (non-hydrogen) atoms. The fraction of sp³-hybridized carbons (Fsp3) is 0.421. The van der Waals surface area contributed by atoms with Crippen LogP contribution < -0.4 is 0 Å².